The number of nitrogens with zero attached hydrogens (tertiary/aromatic N) is 3. The number of carbonyl (C=O) groups is 11. The van der Waals surface area contributed by atoms with Gasteiger partial charge in [0.25, 0.3) is 0 Å². The molecule has 7 N–H and O–H groups in total. The van der Waals surface area contributed by atoms with Crippen LogP contribution >= 0.6 is 0 Å². The topological polar surface area (TPSA) is 321 Å². The Bertz CT molecular complexity index is 2620. The highest BCUT2D eigenvalue weighted by molar-refractivity contribution is 5.82. The molecule has 0 aliphatic heterocycles. The molecular formula is C93H178N10O13. The Morgan fingerprint density at radius 1 is 0.310 bits per heavy atom. The number of aryl methyl sites for hydroxylation is 2. The Morgan fingerprint density at radius 2 is 0.638 bits per heavy atom. The summed E-state index contributed by atoms with van der Waals surface area (Å²) in [5.74, 6) is 5.32. The lowest BCUT2D eigenvalue weighted by molar-refractivity contribution is -0.124. The molecule has 0 atom stereocenters. The molecule has 1 aromatic rings. The van der Waals surface area contributed by atoms with E-state index >= 15 is 0 Å². The van der Waals surface area contributed by atoms with Gasteiger partial charge in [-0.05, 0) is 140 Å². The van der Waals surface area contributed by atoms with Crippen LogP contribution in [0.3, 0.4) is 0 Å². The number of nitrogens with one attached hydrogen (secondary N) is 7. The lowest BCUT2D eigenvalue weighted by Crippen LogP contribution is -2.28. The van der Waals surface area contributed by atoms with E-state index in [0.29, 0.717) is 121 Å². The first kappa shape index (κ1) is 116. The lowest BCUT2D eigenvalue weighted by atomic mass is 10.0. The van der Waals surface area contributed by atoms with Gasteiger partial charge in [-0.3, -0.25) is 52.6 Å². The van der Waals surface area contributed by atoms with E-state index in [9.17, 15) is 52.7 Å². The molecule has 1 heterocycles. The minimum absolute atomic E-state index is 0.0227. The smallest absolute Gasteiger partial charge is 0.407 e. The van der Waals surface area contributed by atoms with Crippen LogP contribution in [-0.4, -0.2) is 145 Å². The molecule has 0 spiro atoms. The van der Waals surface area contributed by atoms with Crippen molar-refractivity contribution in [3.05, 3.63) is 11.9 Å². The van der Waals surface area contributed by atoms with Gasteiger partial charge in [0.05, 0.1) is 25.0 Å². The molecule has 0 fully saturated rings. The Labute approximate surface area is 707 Å². The first-order valence-corrected chi connectivity index (χ1v) is 46.1. The maximum Gasteiger partial charge on any atom is 0.407 e. The Balaban J connectivity index is -0.000000683. The highest BCUT2D eigenvalue weighted by atomic mass is 16.5. The number of hydrogen-bond acceptors (Lipinski definition) is 15. The van der Waals surface area contributed by atoms with Gasteiger partial charge in [0.15, 0.2) is 0 Å². The van der Waals surface area contributed by atoms with Crippen LogP contribution in [0.5, 0.6) is 0 Å². The van der Waals surface area contributed by atoms with E-state index < -0.39 is 6.09 Å². The normalized spacial score (nSPS) is 11.1. The molecule has 1 aromatic heterocycles. The molecule has 0 bridgehead atoms. The van der Waals surface area contributed by atoms with Crippen molar-refractivity contribution in [2.24, 2.45) is 53.3 Å². The fourth-order valence-corrected chi connectivity index (χ4v) is 11.3. The van der Waals surface area contributed by atoms with Gasteiger partial charge in [-0.25, -0.2) is 4.79 Å². The van der Waals surface area contributed by atoms with Crippen molar-refractivity contribution >= 4 is 64.7 Å². The highest BCUT2D eigenvalue weighted by Gasteiger charge is 2.14. The van der Waals surface area contributed by atoms with Crippen LogP contribution in [0.1, 0.15) is 395 Å². The second-order valence-corrected chi connectivity index (χ2v) is 35.1. The van der Waals surface area contributed by atoms with E-state index in [2.05, 4.69) is 103 Å². The monoisotopic (exact) mass is 1640 g/mol. The van der Waals surface area contributed by atoms with E-state index in [1.54, 1.807) is 0 Å². The number of ether oxygens (including phenoxy) is 2. The van der Waals surface area contributed by atoms with Crippen LogP contribution in [0.2, 0.25) is 0 Å². The fraction of sp³-hybridized carbons (Fsp3) is 0.860. The van der Waals surface area contributed by atoms with E-state index in [0.717, 1.165) is 216 Å². The van der Waals surface area contributed by atoms with Gasteiger partial charge in [0, 0.05) is 152 Å². The zero-order valence-electron chi connectivity index (χ0n) is 77.9. The van der Waals surface area contributed by atoms with Gasteiger partial charge in [0.1, 0.15) is 23.1 Å². The van der Waals surface area contributed by atoms with Crippen LogP contribution in [0.25, 0.3) is 0 Å². The van der Waals surface area contributed by atoms with Crippen LogP contribution in [0, 0.1) is 53.3 Å². The average molecular weight is 1640 g/mol. The highest BCUT2D eigenvalue weighted by Crippen LogP contribution is 2.15. The SMILES string of the molecule is CC(C)CCC(=O)NCCCCCCCC(=O)C(C)C.CC(C)CCCCC(=O)NCCCC(=O)C(C)C.CC(C)CCCCC(=O)NCCCCCCCC(=O)C(C)C.CC(C)CCCCCC(=O)NCCCn1cc(CCCCNC(=O)C(C)C)nn1.CC(C)OCCCOC(=O)NCCCCCC(=O)CCCNC(=O)C(C)C. The van der Waals surface area contributed by atoms with Gasteiger partial charge < -0.3 is 46.7 Å². The second kappa shape index (κ2) is 81.2. The summed E-state index contributed by atoms with van der Waals surface area (Å²) in [6.07, 6.45) is 38.9. The molecule has 0 unspecified atom stereocenters. The number of aromatic nitrogens is 3. The van der Waals surface area contributed by atoms with E-state index in [4.69, 9.17) is 9.47 Å². The molecule has 23 heteroatoms. The number of unbranched alkanes of at least 4 members (excludes halogenated alkanes) is 15. The number of hydrogen-bond donors (Lipinski definition) is 7. The lowest BCUT2D eigenvalue weighted by Gasteiger charge is -2.09. The second-order valence-electron chi connectivity index (χ2n) is 35.1. The summed E-state index contributed by atoms with van der Waals surface area (Å²) in [5.41, 5.74) is 0.977. The maximum absolute atomic E-state index is 11.8. The van der Waals surface area contributed by atoms with Gasteiger partial charge in [-0.2, -0.15) is 0 Å². The maximum atomic E-state index is 11.8. The van der Waals surface area contributed by atoms with Gasteiger partial charge in [-0.15, -0.1) is 5.10 Å². The van der Waals surface area contributed by atoms with Crippen LogP contribution in [-0.2, 0) is 70.4 Å². The van der Waals surface area contributed by atoms with E-state index in [-0.39, 0.29) is 82.7 Å². The van der Waals surface area contributed by atoms with E-state index in [1.807, 2.05) is 94.0 Å². The van der Waals surface area contributed by atoms with Crippen molar-refractivity contribution in [3.8, 4) is 0 Å². The standard InChI is InChI=1S/C22H41N5O2.C20H38N2O5.C19H37NO2.C17H33NO2.C15H29NO2/c1-18(2)11-6-5-7-13-21(28)23-15-10-16-27-17-20(25-26-27)12-8-9-14-24-22(29)19(3)4;1-16(2)19(24)21-13-8-11-18(23)10-6-5-7-12-22-20(25)27-15-9-14-26-17(3)4;1-16(2)12-9-10-14-19(22)20-15-11-7-5-6-8-13-18(21)17(3)4;1-14(2)11-12-17(20)18-13-9-7-5-6-8-10-16(19)15(3)4;1-12(2)8-5-6-10-15(18)16-11-7-9-14(17)13(3)4/h17-19H,5-16H2,1-4H3,(H,23,28)(H,24,29);16-17H,5-15H2,1-4H3,(H,21,24)(H,22,25);16-17H,5-15H2,1-4H3,(H,20,22);14-15H,5-13H2,1-4H3,(H,18,20);12-13H,5-11H2,1-4H3,(H,16,18). The molecule has 0 aliphatic rings. The number of alkyl carbamates (subject to hydrolysis) is 1. The number of amides is 7. The molecular weight excluding hydrogens is 1470 g/mol. The molecule has 0 saturated carbocycles. The zero-order chi connectivity index (χ0) is 88.1. The Hall–Kier alpha value is -6.13. The summed E-state index contributed by atoms with van der Waals surface area (Å²) >= 11 is 0. The van der Waals surface area contributed by atoms with Crippen LogP contribution in [0.4, 0.5) is 4.79 Å². The summed E-state index contributed by atoms with van der Waals surface area (Å²) in [6.45, 7) is 47.1. The molecule has 678 valence electrons. The van der Waals surface area contributed by atoms with Crippen LogP contribution < -0.4 is 37.2 Å². The molecule has 116 heavy (non-hydrogen) atoms. The number of carbonyl (C=O) groups excluding carboxylic acids is 11. The zero-order valence-corrected chi connectivity index (χ0v) is 77.9. The third kappa shape index (κ3) is 88.7. The number of rotatable bonds is 68. The molecule has 0 saturated heterocycles. The minimum Gasteiger partial charge on any atom is -0.449 e. The summed E-state index contributed by atoms with van der Waals surface area (Å²) in [6, 6.07) is 0. The average Bonchev–Trinajstić information content (AvgIpc) is 1.78. The van der Waals surface area contributed by atoms with Crippen molar-refractivity contribution in [2.45, 2.75) is 408 Å². The molecule has 1 rings (SSSR count). The molecule has 23 nitrogen and oxygen atoms in total. The van der Waals surface area contributed by atoms with Gasteiger partial charge in [0.2, 0.25) is 35.4 Å². The van der Waals surface area contributed by atoms with E-state index in [1.165, 1.54) is 25.7 Å². The molecule has 0 radical (unpaired) electrons. The van der Waals surface area contributed by atoms with Crippen molar-refractivity contribution in [3.63, 3.8) is 0 Å². The van der Waals surface area contributed by atoms with Crippen molar-refractivity contribution in [1.82, 2.24) is 52.2 Å². The van der Waals surface area contributed by atoms with Crippen LogP contribution in [0.15, 0.2) is 6.20 Å². The molecule has 0 aromatic carbocycles. The Kier molecular flexibility index (Phi) is 81.4. The predicted octanol–water partition coefficient (Wildman–Crippen LogP) is 19.0. The third-order valence-corrected chi connectivity index (χ3v) is 19.2. The Morgan fingerprint density at radius 3 is 1.09 bits per heavy atom. The third-order valence-electron chi connectivity index (χ3n) is 19.2. The largest absolute Gasteiger partial charge is 0.449 e. The number of Topliss-reactive ketones (excluding diaryl/α,β-unsaturated/α-hetero) is 4. The first-order chi connectivity index (χ1) is 55.0. The predicted molar refractivity (Wildman–Crippen MR) is 476 cm³/mol. The summed E-state index contributed by atoms with van der Waals surface area (Å²) in [5, 5.41) is 28.6. The van der Waals surface area contributed by atoms with Crippen molar-refractivity contribution in [1.29, 1.82) is 0 Å². The quantitative estimate of drug-likeness (QED) is 0.0298. The summed E-state index contributed by atoms with van der Waals surface area (Å²) < 4.78 is 12.2. The summed E-state index contributed by atoms with van der Waals surface area (Å²) in [4.78, 5) is 127. The van der Waals surface area contributed by atoms with Crippen molar-refractivity contribution < 1.29 is 62.2 Å². The molecule has 7 amide bonds. The number of ketones is 4. The summed E-state index contributed by atoms with van der Waals surface area (Å²) in [7, 11) is 0. The van der Waals surface area contributed by atoms with Gasteiger partial charge >= 0.3 is 6.09 Å². The minimum atomic E-state index is -0.404. The molecule has 0 aliphatic carbocycles. The fourth-order valence-electron chi connectivity index (χ4n) is 11.3. The van der Waals surface area contributed by atoms with Crippen molar-refractivity contribution in [2.75, 3.05) is 59.0 Å². The van der Waals surface area contributed by atoms with Gasteiger partial charge in [-0.1, -0.05) is 220 Å². The first-order valence-electron chi connectivity index (χ1n) is 46.1.